The van der Waals surface area contributed by atoms with Crippen LogP contribution in [-0.2, 0) is 13.0 Å². The third-order valence-electron chi connectivity index (χ3n) is 4.28. The molecular formula is C22H32N4O. The minimum Gasteiger partial charge on any atom is -0.490 e. The van der Waals surface area contributed by atoms with Crippen molar-refractivity contribution in [3.63, 3.8) is 0 Å². The maximum absolute atomic E-state index is 6.09. The van der Waals surface area contributed by atoms with E-state index in [1.54, 1.807) is 0 Å². The van der Waals surface area contributed by atoms with Gasteiger partial charge in [0.25, 0.3) is 0 Å². The molecule has 1 aromatic carbocycles. The van der Waals surface area contributed by atoms with Crippen molar-refractivity contribution in [1.82, 2.24) is 15.6 Å². The Morgan fingerprint density at radius 3 is 2.74 bits per heavy atom. The molecule has 146 valence electrons. The van der Waals surface area contributed by atoms with Gasteiger partial charge in [0.2, 0.25) is 0 Å². The van der Waals surface area contributed by atoms with Crippen LogP contribution in [0.4, 0.5) is 0 Å². The average Bonchev–Trinajstić information content (AvgIpc) is 2.68. The smallest absolute Gasteiger partial charge is 0.191 e. The maximum Gasteiger partial charge on any atom is 0.191 e. The summed E-state index contributed by atoms with van der Waals surface area (Å²) in [7, 11) is 0. The molecular weight excluding hydrogens is 336 g/mol. The van der Waals surface area contributed by atoms with Crippen LogP contribution in [0.5, 0.6) is 5.75 Å². The first-order valence-electron chi connectivity index (χ1n) is 9.80. The topological polar surface area (TPSA) is 58.5 Å². The molecule has 2 aromatic rings. The summed E-state index contributed by atoms with van der Waals surface area (Å²) in [6.45, 7) is 10.6. The lowest BCUT2D eigenvalue weighted by Crippen LogP contribution is -2.38. The SMILES string of the molecule is CCNC(=NCc1ccc(C)cc1OC(C)CC)NCCc1ccccn1. The van der Waals surface area contributed by atoms with E-state index in [0.29, 0.717) is 6.54 Å². The summed E-state index contributed by atoms with van der Waals surface area (Å²) in [5, 5.41) is 6.68. The Bertz CT molecular complexity index is 716. The molecule has 0 radical (unpaired) electrons. The van der Waals surface area contributed by atoms with Crippen molar-refractivity contribution >= 4 is 5.96 Å². The fourth-order valence-corrected chi connectivity index (χ4v) is 2.56. The van der Waals surface area contributed by atoms with Gasteiger partial charge < -0.3 is 15.4 Å². The third-order valence-corrected chi connectivity index (χ3v) is 4.28. The van der Waals surface area contributed by atoms with Crippen LogP contribution in [0.15, 0.2) is 47.6 Å². The van der Waals surface area contributed by atoms with Crippen LogP contribution in [0.25, 0.3) is 0 Å². The summed E-state index contributed by atoms with van der Waals surface area (Å²) in [4.78, 5) is 9.09. The Morgan fingerprint density at radius 1 is 1.19 bits per heavy atom. The maximum atomic E-state index is 6.09. The zero-order valence-corrected chi connectivity index (χ0v) is 17.0. The molecule has 0 saturated heterocycles. The van der Waals surface area contributed by atoms with E-state index in [1.165, 1.54) is 5.56 Å². The second kappa shape index (κ2) is 11.2. The molecule has 1 unspecified atom stereocenters. The molecule has 0 saturated carbocycles. The van der Waals surface area contributed by atoms with Crippen molar-refractivity contribution in [2.24, 2.45) is 4.99 Å². The fourth-order valence-electron chi connectivity index (χ4n) is 2.56. The van der Waals surface area contributed by atoms with Crippen LogP contribution in [0, 0.1) is 6.92 Å². The lowest BCUT2D eigenvalue weighted by Gasteiger charge is -2.17. The number of aryl methyl sites for hydroxylation is 1. The lowest BCUT2D eigenvalue weighted by atomic mass is 10.1. The van der Waals surface area contributed by atoms with E-state index in [4.69, 9.17) is 9.73 Å². The number of nitrogens with zero attached hydrogens (tertiary/aromatic N) is 2. The van der Waals surface area contributed by atoms with E-state index < -0.39 is 0 Å². The summed E-state index contributed by atoms with van der Waals surface area (Å²) >= 11 is 0. The highest BCUT2D eigenvalue weighted by Crippen LogP contribution is 2.23. The fraction of sp³-hybridized carbons (Fsp3) is 0.455. The molecule has 1 aromatic heterocycles. The van der Waals surface area contributed by atoms with E-state index in [2.05, 4.69) is 61.5 Å². The van der Waals surface area contributed by atoms with E-state index in [0.717, 1.165) is 48.9 Å². The van der Waals surface area contributed by atoms with Crippen molar-refractivity contribution in [3.05, 3.63) is 59.4 Å². The van der Waals surface area contributed by atoms with E-state index in [9.17, 15) is 0 Å². The Balaban J connectivity index is 2.00. The summed E-state index contributed by atoms with van der Waals surface area (Å²) < 4.78 is 6.09. The highest BCUT2D eigenvalue weighted by Gasteiger charge is 2.08. The number of nitrogens with one attached hydrogen (secondary N) is 2. The van der Waals surface area contributed by atoms with Crippen LogP contribution < -0.4 is 15.4 Å². The van der Waals surface area contributed by atoms with Gasteiger partial charge in [-0.15, -0.1) is 0 Å². The number of benzene rings is 1. The minimum absolute atomic E-state index is 0.194. The van der Waals surface area contributed by atoms with Crippen LogP contribution in [0.2, 0.25) is 0 Å². The number of ether oxygens (including phenoxy) is 1. The van der Waals surface area contributed by atoms with Crippen molar-refractivity contribution in [2.75, 3.05) is 13.1 Å². The standard InChI is InChI=1S/C22H32N4O/c1-5-18(4)27-21-15-17(3)10-11-19(21)16-26-22(23-6-2)25-14-12-20-9-7-8-13-24-20/h7-11,13,15,18H,5-6,12,14,16H2,1-4H3,(H2,23,25,26). The Labute approximate surface area is 163 Å². The van der Waals surface area contributed by atoms with Crippen molar-refractivity contribution in [1.29, 1.82) is 0 Å². The molecule has 0 bridgehead atoms. The van der Waals surface area contributed by atoms with Gasteiger partial charge in [0, 0.05) is 37.0 Å². The van der Waals surface area contributed by atoms with Gasteiger partial charge in [-0.2, -0.15) is 0 Å². The number of guanidine groups is 1. The van der Waals surface area contributed by atoms with Crippen molar-refractivity contribution in [3.8, 4) is 5.75 Å². The van der Waals surface area contributed by atoms with E-state index >= 15 is 0 Å². The lowest BCUT2D eigenvalue weighted by molar-refractivity contribution is 0.215. The minimum atomic E-state index is 0.194. The van der Waals surface area contributed by atoms with Gasteiger partial charge in [-0.3, -0.25) is 4.98 Å². The number of pyridine rings is 1. The Kier molecular flexibility index (Phi) is 8.62. The molecule has 27 heavy (non-hydrogen) atoms. The Morgan fingerprint density at radius 2 is 2.04 bits per heavy atom. The molecule has 1 atom stereocenters. The molecule has 0 amide bonds. The largest absolute Gasteiger partial charge is 0.490 e. The van der Waals surface area contributed by atoms with E-state index in [1.807, 2.05) is 24.4 Å². The molecule has 5 nitrogen and oxygen atoms in total. The van der Waals surface area contributed by atoms with Gasteiger partial charge in [-0.1, -0.05) is 25.1 Å². The molecule has 5 heteroatoms. The first kappa shape index (κ1) is 20.7. The first-order chi connectivity index (χ1) is 13.1. The molecule has 2 rings (SSSR count). The zero-order valence-electron chi connectivity index (χ0n) is 17.0. The van der Waals surface area contributed by atoms with Gasteiger partial charge in [0.1, 0.15) is 5.75 Å². The molecule has 0 aliphatic heterocycles. The van der Waals surface area contributed by atoms with Crippen LogP contribution in [0.3, 0.4) is 0 Å². The summed E-state index contributed by atoms with van der Waals surface area (Å²) in [6.07, 6.45) is 3.86. The zero-order chi connectivity index (χ0) is 19.5. The molecule has 2 N–H and O–H groups in total. The highest BCUT2D eigenvalue weighted by molar-refractivity contribution is 5.79. The molecule has 0 spiro atoms. The third kappa shape index (κ3) is 7.29. The average molecular weight is 369 g/mol. The Hall–Kier alpha value is -2.56. The van der Waals surface area contributed by atoms with Crippen molar-refractivity contribution < 1.29 is 4.74 Å². The van der Waals surface area contributed by atoms with Gasteiger partial charge >= 0.3 is 0 Å². The predicted octanol–water partition coefficient (Wildman–Crippen LogP) is 3.87. The normalized spacial score (nSPS) is 12.5. The number of hydrogen-bond donors (Lipinski definition) is 2. The predicted molar refractivity (Wildman–Crippen MR) is 112 cm³/mol. The van der Waals surface area contributed by atoms with Gasteiger partial charge in [0.05, 0.1) is 12.6 Å². The van der Waals surface area contributed by atoms with Gasteiger partial charge in [0.15, 0.2) is 5.96 Å². The van der Waals surface area contributed by atoms with E-state index in [-0.39, 0.29) is 6.10 Å². The molecule has 0 fully saturated rings. The molecule has 0 aliphatic rings. The van der Waals surface area contributed by atoms with Crippen molar-refractivity contribution in [2.45, 2.75) is 53.2 Å². The summed E-state index contributed by atoms with van der Waals surface area (Å²) in [5.74, 6) is 1.74. The quantitative estimate of drug-likeness (QED) is 0.521. The van der Waals surface area contributed by atoms with Gasteiger partial charge in [-0.05, 0) is 51.0 Å². The highest BCUT2D eigenvalue weighted by atomic mass is 16.5. The second-order valence-electron chi connectivity index (χ2n) is 6.64. The number of hydrogen-bond acceptors (Lipinski definition) is 3. The number of aliphatic imine (C=N–C) groups is 1. The monoisotopic (exact) mass is 368 g/mol. The van der Waals surface area contributed by atoms with Gasteiger partial charge in [-0.25, -0.2) is 4.99 Å². The number of rotatable bonds is 9. The summed E-state index contributed by atoms with van der Waals surface area (Å²) in [5.41, 5.74) is 3.37. The number of aromatic nitrogens is 1. The molecule has 1 heterocycles. The second-order valence-corrected chi connectivity index (χ2v) is 6.64. The molecule has 0 aliphatic carbocycles. The van der Waals surface area contributed by atoms with Crippen LogP contribution >= 0.6 is 0 Å². The van der Waals surface area contributed by atoms with Crippen LogP contribution in [0.1, 0.15) is 44.0 Å². The van der Waals surface area contributed by atoms with Crippen LogP contribution in [-0.4, -0.2) is 30.1 Å². The first-order valence-corrected chi connectivity index (χ1v) is 9.80. The summed E-state index contributed by atoms with van der Waals surface area (Å²) in [6, 6.07) is 12.3.